The van der Waals surface area contributed by atoms with Gasteiger partial charge < -0.3 is 4.74 Å². The number of carbonyl (C=O) groups excluding carboxylic acids is 2. The van der Waals surface area contributed by atoms with E-state index in [1.165, 1.54) is 4.90 Å². The first-order valence-electron chi connectivity index (χ1n) is 11.5. The Morgan fingerprint density at radius 3 is 2.18 bits per heavy atom. The van der Waals surface area contributed by atoms with Crippen molar-refractivity contribution in [1.29, 1.82) is 0 Å². The van der Waals surface area contributed by atoms with Crippen molar-refractivity contribution >= 4 is 18.1 Å². The predicted molar refractivity (Wildman–Crippen MR) is 130 cm³/mol. The summed E-state index contributed by atoms with van der Waals surface area (Å²) in [6.45, 7) is 0.242. The Balaban J connectivity index is 1.48. The molecule has 0 unspecified atom stereocenters. The minimum absolute atomic E-state index is 0.143. The normalized spacial score (nSPS) is 16.7. The molecule has 0 bridgehead atoms. The number of hydrogen-bond donors (Lipinski definition) is 0. The van der Waals surface area contributed by atoms with Gasteiger partial charge in [-0.2, -0.15) is 0 Å². The standard InChI is InChI=1S/C29H29NO3/c31-28(30-27(22-33-29(30)32)21-25-17-8-3-9-18-25)26(20-24-15-6-2-7-16-24)19-11-10-14-23-12-4-1-5-13-23/h1-10,12-18,26-27H,11,19-22H2/b14-10+/t26-,27+/m1/s1. The molecule has 1 fully saturated rings. The highest BCUT2D eigenvalue weighted by molar-refractivity contribution is 5.95. The van der Waals surface area contributed by atoms with Crippen molar-refractivity contribution in [3.8, 4) is 0 Å². The molecule has 168 valence electrons. The number of allylic oxidation sites excluding steroid dienone is 1. The highest BCUT2D eigenvalue weighted by atomic mass is 16.6. The number of cyclic esters (lactones) is 1. The number of benzene rings is 3. The molecule has 3 aromatic carbocycles. The lowest BCUT2D eigenvalue weighted by atomic mass is 9.92. The zero-order chi connectivity index (χ0) is 22.9. The number of nitrogens with zero attached hydrogens (tertiary/aromatic N) is 1. The highest BCUT2D eigenvalue weighted by Gasteiger charge is 2.40. The van der Waals surface area contributed by atoms with Crippen LogP contribution >= 0.6 is 0 Å². The number of hydrogen-bond acceptors (Lipinski definition) is 3. The quantitative estimate of drug-likeness (QED) is 0.415. The van der Waals surface area contributed by atoms with Crippen LogP contribution in [-0.2, 0) is 22.4 Å². The van der Waals surface area contributed by atoms with Gasteiger partial charge in [0.2, 0.25) is 5.91 Å². The maximum Gasteiger partial charge on any atom is 0.416 e. The van der Waals surface area contributed by atoms with Crippen LogP contribution in [0.4, 0.5) is 4.79 Å². The molecular formula is C29H29NO3. The second-order valence-corrected chi connectivity index (χ2v) is 8.41. The molecule has 0 N–H and O–H groups in total. The van der Waals surface area contributed by atoms with E-state index in [1.54, 1.807) is 0 Å². The van der Waals surface area contributed by atoms with Crippen molar-refractivity contribution in [2.24, 2.45) is 5.92 Å². The summed E-state index contributed by atoms with van der Waals surface area (Å²) >= 11 is 0. The third kappa shape index (κ3) is 6.19. The van der Waals surface area contributed by atoms with E-state index in [9.17, 15) is 9.59 Å². The van der Waals surface area contributed by atoms with Gasteiger partial charge in [0.05, 0.1) is 6.04 Å². The average molecular weight is 440 g/mol. The SMILES string of the molecule is O=C1OC[C@H](Cc2ccccc2)N1C(=O)[C@H](CC/C=C/c1ccccc1)Cc1ccccc1. The first-order chi connectivity index (χ1) is 16.2. The molecular weight excluding hydrogens is 410 g/mol. The van der Waals surface area contributed by atoms with Gasteiger partial charge in [0.1, 0.15) is 6.61 Å². The van der Waals surface area contributed by atoms with E-state index in [0.29, 0.717) is 19.3 Å². The highest BCUT2D eigenvalue weighted by Crippen LogP contribution is 2.24. The van der Waals surface area contributed by atoms with Crippen LogP contribution in [-0.4, -0.2) is 29.5 Å². The molecule has 0 aromatic heterocycles. The summed E-state index contributed by atoms with van der Waals surface area (Å²) in [5.74, 6) is -0.438. The Kier molecular flexibility index (Phi) is 7.70. The van der Waals surface area contributed by atoms with Gasteiger partial charge in [-0.3, -0.25) is 4.79 Å². The van der Waals surface area contributed by atoms with Gasteiger partial charge in [-0.25, -0.2) is 9.69 Å². The van der Waals surface area contributed by atoms with Crippen LogP contribution in [0.15, 0.2) is 97.1 Å². The molecule has 0 aliphatic carbocycles. The molecule has 2 amide bonds. The third-order valence-electron chi connectivity index (χ3n) is 5.98. The van der Waals surface area contributed by atoms with Gasteiger partial charge >= 0.3 is 6.09 Å². The molecule has 0 saturated carbocycles. The summed E-state index contributed by atoms with van der Waals surface area (Å²) in [5.41, 5.74) is 3.31. The lowest BCUT2D eigenvalue weighted by Gasteiger charge is -2.25. The number of ether oxygens (including phenoxy) is 1. The molecule has 1 saturated heterocycles. The fourth-order valence-electron chi connectivity index (χ4n) is 4.26. The minimum Gasteiger partial charge on any atom is -0.447 e. The molecule has 4 rings (SSSR count). The molecule has 2 atom stereocenters. The van der Waals surface area contributed by atoms with Gasteiger partial charge in [-0.15, -0.1) is 0 Å². The van der Waals surface area contributed by atoms with E-state index in [4.69, 9.17) is 4.74 Å². The summed E-state index contributed by atoms with van der Waals surface area (Å²) < 4.78 is 5.31. The molecule has 1 aliphatic heterocycles. The first-order valence-corrected chi connectivity index (χ1v) is 11.5. The zero-order valence-corrected chi connectivity index (χ0v) is 18.7. The molecule has 4 heteroatoms. The second-order valence-electron chi connectivity index (χ2n) is 8.41. The van der Waals surface area contributed by atoms with E-state index in [-0.39, 0.29) is 24.5 Å². The van der Waals surface area contributed by atoms with Crippen molar-refractivity contribution < 1.29 is 14.3 Å². The lowest BCUT2D eigenvalue weighted by molar-refractivity contribution is -0.133. The molecule has 4 nitrogen and oxygen atoms in total. The molecule has 1 aliphatic rings. The van der Waals surface area contributed by atoms with Crippen LogP contribution in [0.1, 0.15) is 29.5 Å². The van der Waals surface area contributed by atoms with E-state index in [1.807, 2.05) is 78.9 Å². The van der Waals surface area contributed by atoms with E-state index in [2.05, 4.69) is 24.3 Å². The third-order valence-corrected chi connectivity index (χ3v) is 5.98. The summed E-state index contributed by atoms with van der Waals surface area (Å²) in [7, 11) is 0. The minimum atomic E-state index is -0.529. The van der Waals surface area contributed by atoms with Crippen LogP contribution in [0.3, 0.4) is 0 Å². The number of amides is 2. The van der Waals surface area contributed by atoms with Gasteiger partial charge in [0.25, 0.3) is 0 Å². The van der Waals surface area contributed by atoms with E-state index < -0.39 is 6.09 Å². The topological polar surface area (TPSA) is 46.6 Å². The number of carbonyl (C=O) groups is 2. The first kappa shape index (κ1) is 22.5. The summed E-state index contributed by atoms with van der Waals surface area (Å²) in [4.78, 5) is 27.5. The van der Waals surface area contributed by atoms with Crippen molar-refractivity contribution in [2.75, 3.05) is 6.61 Å². The van der Waals surface area contributed by atoms with Crippen molar-refractivity contribution in [1.82, 2.24) is 4.90 Å². The number of rotatable bonds is 9. The van der Waals surface area contributed by atoms with Crippen molar-refractivity contribution in [2.45, 2.75) is 31.7 Å². The Morgan fingerprint density at radius 1 is 0.909 bits per heavy atom. The van der Waals surface area contributed by atoms with Gasteiger partial charge in [-0.05, 0) is 42.4 Å². The number of imide groups is 1. The average Bonchev–Trinajstić information content (AvgIpc) is 3.22. The predicted octanol–water partition coefficient (Wildman–Crippen LogP) is 5.93. The van der Waals surface area contributed by atoms with E-state index in [0.717, 1.165) is 23.1 Å². The molecule has 1 heterocycles. The second kappa shape index (κ2) is 11.3. The Labute approximate surface area is 195 Å². The largest absolute Gasteiger partial charge is 0.447 e. The fourth-order valence-corrected chi connectivity index (χ4v) is 4.26. The fraction of sp³-hybridized carbons (Fsp3) is 0.241. The summed E-state index contributed by atoms with van der Waals surface area (Å²) in [6, 6.07) is 29.8. The maximum atomic E-state index is 13.6. The molecule has 33 heavy (non-hydrogen) atoms. The monoisotopic (exact) mass is 439 g/mol. The molecule has 0 spiro atoms. The van der Waals surface area contributed by atoms with Gasteiger partial charge in [-0.1, -0.05) is 103 Å². The van der Waals surface area contributed by atoms with Gasteiger partial charge in [0, 0.05) is 5.92 Å². The Bertz CT molecular complexity index is 1060. The van der Waals surface area contributed by atoms with Crippen molar-refractivity contribution in [3.63, 3.8) is 0 Å². The Hall–Kier alpha value is -3.66. The molecule has 0 radical (unpaired) electrons. The van der Waals surface area contributed by atoms with Crippen LogP contribution in [0.25, 0.3) is 6.08 Å². The summed E-state index contributed by atoms with van der Waals surface area (Å²) in [6.07, 6.45) is 6.27. The van der Waals surface area contributed by atoms with Crippen LogP contribution in [0, 0.1) is 5.92 Å². The Morgan fingerprint density at radius 2 is 1.52 bits per heavy atom. The smallest absolute Gasteiger partial charge is 0.416 e. The molecule has 3 aromatic rings. The van der Waals surface area contributed by atoms with Crippen LogP contribution in [0.2, 0.25) is 0 Å². The van der Waals surface area contributed by atoms with Crippen LogP contribution in [0.5, 0.6) is 0 Å². The van der Waals surface area contributed by atoms with Crippen molar-refractivity contribution in [3.05, 3.63) is 114 Å². The van der Waals surface area contributed by atoms with Gasteiger partial charge in [0.15, 0.2) is 0 Å². The zero-order valence-electron chi connectivity index (χ0n) is 18.7. The van der Waals surface area contributed by atoms with E-state index >= 15 is 0 Å². The van der Waals surface area contributed by atoms with Crippen LogP contribution < -0.4 is 0 Å². The maximum absolute atomic E-state index is 13.6. The summed E-state index contributed by atoms with van der Waals surface area (Å²) in [5, 5.41) is 0. The lowest BCUT2D eigenvalue weighted by Crippen LogP contribution is -2.44.